The van der Waals surface area contributed by atoms with Gasteiger partial charge in [0.25, 0.3) is 0 Å². The third-order valence-corrected chi connectivity index (χ3v) is 4.67. The topological polar surface area (TPSA) is 103 Å². The highest BCUT2D eigenvalue weighted by Gasteiger charge is 2.43. The quantitative estimate of drug-likeness (QED) is 0.744. The van der Waals surface area contributed by atoms with Gasteiger partial charge in [-0.1, -0.05) is 31.5 Å². The molecule has 0 aromatic carbocycles. The largest absolute Gasteiger partial charge is 0.466 e. The van der Waals surface area contributed by atoms with Crippen molar-refractivity contribution in [2.45, 2.75) is 36.1 Å². The lowest BCUT2D eigenvalue weighted by atomic mass is 10.1. The highest BCUT2D eigenvalue weighted by molar-refractivity contribution is 8.00. The monoisotopic (exact) mass is 291 g/mol. The molecule has 3 rings (SSSR count). The van der Waals surface area contributed by atoms with Crippen LogP contribution in [0.3, 0.4) is 0 Å². The van der Waals surface area contributed by atoms with Crippen LogP contribution < -0.4 is 16.8 Å². The van der Waals surface area contributed by atoms with Crippen molar-refractivity contribution in [3.63, 3.8) is 0 Å². The normalized spacial score (nSPS) is 20.6. The molecule has 6 nitrogen and oxygen atoms in total. The summed E-state index contributed by atoms with van der Waals surface area (Å²) in [7, 11) is 0. The number of nitrogen functional groups attached to an aromatic ring is 2. The average Bonchev–Trinajstić information content (AvgIpc) is 3.03. The SMILES string of the molecule is CCCCC1(c2ccco2)Nc2c(N)nc(N)nc2S1. The molecule has 5 N–H and O–H groups in total. The molecule has 0 spiro atoms. The predicted molar refractivity (Wildman–Crippen MR) is 80.2 cm³/mol. The van der Waals surface area contributed by atoms with Gasteiger partial charge in [0.2, 0.25) is 5.95 Å². The van der Waals surface area contributed by atoms with Gasteiger partial charge in [-0.2, -0.15) is 4.98 Å². The predicted octanol–water partition coefficient (Wildman–Crippen LogP) is 2.79. The molecular formula is C13H17N5OS. The van der Waals surface area contributed by atoms with Crippen LogP contribution in [-0.4, -0.2) is 9.97 Å². The van der Waals surface area contributed by atoms with Crippen LogP contribution in [-0.2, 0) is 4.87 Å². The number of hydrogen-bond acceptors (Lipinski definition) is 7. The molecule has 1 unspecified atom stereocenters. The molecule has 0 amide bonds. The van der Waals surface area contributed by atoms with Crippen LogP contribution in [0.1, 0.15) is 31.9 Å². The Balaban J connectivity index is 2.01. The Bertz CT molecular complexity index is 615. The van der Waals surface area contributed by atoms with Crippen LogP contribution in [0.2, 0.25) is 0 Å². The second-order valence-electron chi connectivity index (χ2n) is 4.78. The van der Waals surface area contributed by atoms with Gasteiger partial charge in [0.15, 0.2) is 5.82 Å². The third kappa shape index (κ3) is 2.07. The van der Waals surface area contributed by atoms with Gasteiger partial charge in [0.1, 0.15) is 21.3 Å². The van der Waals surface area contributed by atoms with E-state index in [1.165, 1.54) is 0 Å². The number of thioether (sulfide) groups is 1. The molecule has 0 fully saturated rings. The van der Waals surface area contributed by atoms with Crippen LogP contribution >= 0.6 is 11.8 Å². The van der Waals surface area contributed by atoms with E-state index >= 15 is 0 Å². The number of unbranched alkanes of at least 4 members (excludes halogenated alkanes) is 1. The van der Waals surface area contributed by atoms with Crippen molar-refractivity contribution >= 4 is 29.2 Å². The highest BCUT2D eigenvalue weighted by atomic mass is 32.2. The highest BCUT2D eigenvalue weighted by Crippen LogP contribution is 2.54. The minimum Gasteiger partial charge on any atom is -0.466 e. The van der Waals surface area contributed by atoms with Crippen LogP contribution in [0.4, 0.5) is 17.5 Å². The molecule has 1 aliphatic rings. The van der Waals surface area contributed by atoms with E-state index in [0.717, 1.165) is 35.7 Å². The van der Waals surface area contributed by atoms with Gasteiger partial charge < -0.3 is 21.2 Å². The summed E-state index contributed by atoms with van der Waals surface area (Å²) in [5.41, 5.74) is 12.4. The van der Waals surface area contributed by atoms with E-state index in [9.17, 15) is 0 Å². The molecule has 20 heavy (non-hydrogen) atoms. The lowest BCUT2D eigenvalue weighted by molar-refractivity contribution is 0.438. The molecule has 1 atom stereocenters. The summed E-state index contributed by atoms with van der Waals surface area (Å²) >= 11 is 1.59. The molecule has 0 saturated heterocycles. The molecule has 0 radical (unpaired) electrons. The number of furan rings is 1. The number of hydrogen-bond donors (Lipinski definition) is 3. The van der Waals surface area contributed by atoms with Crippen molar-refractivity contribution in [1.29, 1.82) is 0 Å². The summed E-state index contributed by atoms with van der Waals surface area (Å²) in [6, 6.07) is 3.85. The minimum absolute atomic E-state index is 0.196. The third-order valence-electron chi connectivity index (χ3n) is 3.32. The van der Waals surface area contributed by atoms with E-state index in [-0.39, 0.29) is 10.8 Å². The first kappa shape index (κ1) is 13.1. The lowest BCUT2D eigenvalue weighted by Gasteiger charge is -2.26. The van der Waals surface area contributed by atoms with Gasteiger partial charge in [-0.15, -0.1) is 0 Å². The van der Waals surface area contributed by atoms with Gasteiger partial charge >= 0.3 is 0 Å². The zero-order chi connectivity index (χ0) is 14.2. The Morgan fingerprint density at radius 1 is 1.40 bits per heavy atom. The van der Waals surface area contributed by atoms with E-state index in [4.69, 9.17) is 15.9 Å². The van der Waals surface area contributed by atoms with E-state index in [1.807, 2.05) is 12.1 Å². The number of nitrogens with two attached hydrogens (primary N) is 2. The second kappa shape index (κ2) is 4.90. The fraction of sp³-hybridized carbons (Fsp3) is 0.385. The lowest BCUT2D eigenvalue weighted by Crippen LogP contribution is -2.27. The van der Waals surface area contributed by atoms with E-state index in [0.29, 0.717) is 5.82 Å². The zero-order valence-corrected chi connectivity index (χ0v) is 12.0. The fourth-order valence-electron chi connectivity index (χ4n) is 2.34. The molecule has 3 heterocycles. The van der Waals surface area contributed by atoms with Gasteiger partial charge in [0, 0.05) is 0 Å². The van der Waals surface area contributed by atoms with Gasteiger partial charge in [-0.25, -0.2) is 4.98 Å². The van der Waals surface area contributed by atoms with Crippen molar-refractivity contribution in [3.8, 4) is 0 Å². The molecule has 2 aromatic heterocycles. The fourth-order valence-corrected chi connectivity index (χ4v) is 3.68. The summed E-state index contributed by atoms with van der Waals surface area (Å²) < 4.78 is 5.62. The Hall–Kier alpha value is -1.89. The molecule has 0 saturated carbocycles. The second-order valence-corrected chi connectivity index (χ2v) is 6.07. The Kier molecular flexibility index (Phi) is 3.21. The van der Waals surface area contributed by atoms with Crippen LogP contribution in [0.15, 0.2) is 27.8 Å². The first-order valence-corrected chi connectivity index (χ1v) is 7.40. The number of nitrogens with one attached hydrogen (secondary N) is 1. The van der Waals surface area contributed by atoms with Crippen molar-refractivity contribution < 1.29 is 4.42 Å². The van der Waals surface area contributed by atoms with Crippen molar-refractivity contribution in [1.82, 2.24) is 9.97 Å². The number of fused-ring (bicyclic) bond motifs is 1. The van der Waals surface area contributed by atoms with Crippen LogP contribution in [0.25, 0.3) is 0 Å². The standard InChI is InChI=1S/C13H17N5OS/c1-2-3-6-13(8-5-4-7-19-8)18-9-10(14)16-12(15)17-11(9)20-13/h4-5,7,18H,2-3,6H2,1H3,(H4,14,15,16,17). The summed E-state index contributed by atoms with van der Waals surface area (Å²) in [6.45, 7) is 2.16. The summed E-state index contributed by atoms with van der Waals surface area (Å²) in [5.74, 6) is 1.44. The maximum Gasteiger partial charge on any atom is 0.223 e. The van der Waals surface area contributed by atoms with Crippen molar-refractivity contribution in [2.75, 3.05) is 16.8 Å². The Morgan fingerprint density at radius 3 is 2.95 bits per heavy atom. The van der Waals surface area contributed by atoms with Gasteiger partial charge in [-0.3, -0.25) is 0 Å². The molecule has 7 heteroatoms. The molecule has 1 aliphatic heterocycles. The number of nitrogens with zero attached hydrogens (tertiary/aromatic N) is 2. The van der Waals surface area contributed by atoms with Crippen LogP contribution in [0.5, 0.6) is 0 Å². The molecule has 0 bridgehead atoms. The maximum absolute atomic E-state index is 5.94. The summed E-state index contributed by atoms with van der Waals surface area (Å²) in [4.78, 5) is 7.91. The van der Waals surface area contributed by atoms with E-state index in [1.54, 1.807) is 18.0 Å². The van der Waals surface area contributed by atoms with Gasteiger partial charge in [0.05, 0.1) is 6.26 Å². The van der Waals surface area contributed by atoms with Crippen molar-refractivity contribution in [3.05, 3.63) is 24.2 Å². The summed E-state index contributed by atoms with van der Waals surface area (Å²) in [5, 5.41) is 4.22. The van der Waals surface area contributed by atoms with Crippen LogP contribution in [0, 0.1) is 0 Å². The molecular weight excluding hydrogens is 274 g/mol. The van der Waals surface area contributed by atoms with Crippen molar-refractivity contribution in [2.24, 2.45) is 0 Å². The maximum atomic E-state index is 5.94. The Labute approximate surface area is 121 Å². The van der Waals surface area contributed by atoms with E-state index in [2.05, 4.69) is 22.2 Å². The summed E-state index contributed by atoms with van der Waals surface area (Å²) in [6.07, 6.45) is 4.76. The molecule has 0 aliphatic carbocycles. The average molecular weight is 291 g/mol. The first-order chi connectivity index (χ1) is 9.64. The molecule has 106 valence electrons. The number of aromatic nitrogens is 2. The minimum atomic E-state index is -0.377. The smallest absolute Gasteiger partial charge is 0.223 e. The zero-order valence-electron chi connectivity index (χ0n) is 11.2. The number of rotatable bonds is 4. The number of anilines is 3. The van der Waals surface area contributed by atoms with Gasteiger partial charge in [-0.05, 0) is 18.6 Å². The molecule has 2 aromatic rings. The Morgan fingerprint density at radius 2 is 2.25 bits per heavy atom. The first-order valence-electron chi connectivity index (χ1n) is 6.59. The van der Waals surface area contributed by atoms with E-state index < -0.39 is 0 Å².